The van der Waals surface area contributed by atoms with Gasteiger partial charge in [-0.25, -0.2) is 4.39 Å². The first-order valence-corrected chi connectivity index (χ1v) is 6.13. The van der Waals surface area contributed by atoms with E-state index in [1.807, 2.05) is 0 Å². The molecule has 0 aliphatic rings. The maximum Gasteiger partial charge on any atom is 0.419 e. The lowest BCUT2D eigenvalue weighted by molar-refractivity contribution is -0.140. The minimum Gasteiger partial charge on any atom is -0.394 e. The van der Waals surface area contributed by atoms with Gasteiger partial charge in [0.1, 0.15) is 5.82 Å². The van der Waals surface area contributed by atoms with E-state index in [4.69, 9.17) is 5.11 Å². The van der Waals surface area contributed by atoms with Crippen molar-refractivity contribution in [3.63, 3.8) is 0 Å². The Labute approximate surface area is 118 Å². The summed E-state index contributed by atoms with van der Waals surface area (Å²) in [5.74, 6) is -1.29. The fraction of sp³-hybridized carbons (Fsp3) is 0.308. The van der Waals surface area contributed by atoms with E-state index in [0.29, 0.717) is 17.8 Å². The number of hydrogen-bond acceptors (Lipinski definition) is 3. The fourth-order valence-electron chi connectivity index (χ4n) is 1.78. The molecule has 21 heavy (non-hydrogen) atoms. The van der Waals surface area contributed by atoms with Gasteiger partial charge >= 0.3 is 6.18 Å². The lowest BCUT2D eigenvalue weighted by Crippen LogP contribution is -2.10. The van der Waals surface area contributed by atoms with Gasteiger partial charge in [0.2, 0.25) is 0 Å². The first-order valence-electron chi connectivity index (χ1n) is 6.13. The third-order valence-electron chi connectivity index (χ3n) is 2.80. The quantitative estimate of drug-likeness (QED) is 0.835. The van der Waals surface area contributed by atoms with E-state index in [9.17, 15) is 17.6 Å². The van der Waals surface area contributed by atoms with Gasteiger partial charge < -0.3 is 10.4 Å². The number of anilines is 1. The first kappa shape index (κ1) is 15.3. The third-order valence-corrected chi connectivity index (χ3v) is 2.80. The molecule has 0 radical (unpaired) electrons. The van der Waals surface area contributed by atoms with Crippen LogP contribution in [0.5, 0.6) is 0 Å². The van der Waals surface area contributed by atoms with Crippen LogP contribution in [0.25, 0.3) is 0 Å². The topological polar surface area (TPSA) is 50.1 Å². The molecule has 1 heterocycles. The maximum atomic E-state index is 13.1. The molecule has 0 aliphatic heterocycles. The molecule has 2 aromatic rings. The molecule has 8 heteroatoms. The summed E-state index contributed by atoms with van der Waals surface area (Å²) in [5.41, 5.74) is -0.377. The number of nitrogens with zero attached hydrogens (tertiary/aromatic N) is 2. The Morgan fingerprint density at radius 2 is 2.05 bits per heavy atom. The van der Waals surface area contributed by atoms with Gasteiger partial charge in [0.25, 0.3) is 0 Å². The molecule has 2 N–H and O–H groups in total. The van der Waals surface area contributed by atoms with Gasteiger partial charge in [-0.15, -0.1) is 0 Å². The van der Waals surface area contributed by atoms with Gasteiger partial charge in [0, 0.05) is 12.7 Å². The van der Waals surface area contributed by atoms with Crippen LogP contribution in [0.15, 0.2) is 30.6 Å². The SMILES string of the molecule is OCCn1cc(NCc2ccc(F)c(C(F)(F)F)c2)cn1. The molecule has 0 fully saturated rings. The predicted molar refractivity (Wildman–Crippen MR) is 68.0 cm³/mol. The van der Waals surface area contributed by atoms with Crippen molar-refractivity contribution in [3.05, 3.63) is 47.5 Å². The normalized spacial score (nSPS) is 11.7. The van der Waals surface area contributed by atoms with Gasteiger partial charge in [0.05, 0.1) is 30.6 Å². The van der Waals surface area contributed by atoms with Crippen LogP contribution in [0.1, 0.15) is 11.1 Å². The highest BCUT2D eigenvalue weighted by Crippen LogP contribution is 2.32. The van der Waals surface area contributed by atoms with Gasteiger partial charge in [-0.1, -0.05) is 6.07 Å². The summed E-state index contributed by atoms with van der Waals surface area (Å²) in [5, 5.41) is 15.6. The summed E-state index contributed by atoms with van der Waals surface area (Å²) >= 11 is 0. The van der Waals surface area contributed by atoms with Crippen molar-refractivity contribution in [1.82, 2.24) is 9.78 Å². The fourth-order valence-corrected chi connectivity index (χ4v) is 1.78. The van der Waals surface area contributed by atoms with Crippen LogP contribution < -0.4 is 5.32 Å². The Kier molecular flexibility index (Phi) is 4.46. The van der Waals surface area contributed by atoms with Crippen LogP contribution in [0.2, 0.25) is 0 Å². The molecular formula is C13H13F4N3O. The molecule has 2 rings (SSSR count). The summed E-state index contributed by atoms with van der Waals surface area (Å²) in [7, 11) is 0. The second kappa shape index (κ2) is 6.13. The number of aliphatic hydroxyl groups excluding tert-OH is 1. The van der Waals surface area contributed by atoms with Crippen molar-refractivity contribution in [2.24, 2.45) is 0 Å². The third kappa shape index (κ3) is 3.94. The Morgan fingerprint density at radius 1 is 1.29 bits per heavy atom. The molecule has 0 unspecified atom stereocenters. The molecule has 1 aromatic heterocycles. The Morgan fingerprint density at radius 3 is 2.71 bits per heavy atom. The van der Waals surface area contributed by atoms with E-state index >= 15 is 0 Å². The monoisotopic (exact) mass is 303 g/mol. The van der Waals surface area contributed by atoms with Gasteiger partial charge in [-0.2, -0.15) is 18.3 Å². The second-order valence-corrected chi connectivity index (χ2v) is 4.38. The average Bonchev–Trinajstić information content (AvgIpc) is 2.85. The van der Waals surface area contributed by atoms with Crippen LogP contribution in [0, 0.1) is 5.82 Å². The molecule has 0 bridgehead atoms. The summed E-state index contributed by atoms with van der Waals surface area (Å²) < 4.78 is 52.4. The van der Waals surface area contributed by atoms with E-state index in [-0.39, 0.29) is 13.2 Å². The number of nitrogens with one attached hydrogen (secondary N) is 1. The first-order chi connectivity index (χ1) is 9.90. The zero-order chi connectivity index (χ0) is 15.5. The van der Waals surface area contributed by atoms with Crippen molar-refractivity contribution < 1.29 is 22.7 Å². The van der Waals surface area contributed by atoms with E-state index in [2.05, 4.69) is 10.4 Å². The molecule has 4 nitrogen and oxygen atoms in total. The number of aromatic nitrogens is 2. The number of alkyl halides is 3. The molecule has 0 amide bonds. The molecular weight excluding hydrogens is 290 g/mol. The predicted octanol–water partition coefficient (Wildman–Crippen LogP) is 2.65. The number of benzene rings is 1. The van der Waals surface area contributed by atoms with Crippen molar-refractivity contribution in [3.8, 4) is 0 Å². The molecule has 0 aliphatic carbocycles. The van der Waals surface area contributed by atoms with Gasteiger partial charge in [0.15, 0.2) is 0 Å². The lowest BCUT2D eigenvalue weighted by Gasteiger charge is -2.10. The number of aliphatic hydroxyl groups is 1. The lowest BCUT2D eigenvalue weighted by atomic mass is 10.1. The summed E-state index contributed by atoms with van der Waals surface area (Å²) in [6.45, 7) is 0.374. The van der Waals surface area contributed by atoms with Crippen molar-refractivity contribution in [2.45, 2.75) is 19.3 Å². The standard InChI is InChI=1S/C13H13F4N3O/c14-12-2-1-9(5-11(12)13(15,16)17)6-18-10-7-19-20(8-10)3-4-21/h1-2,5,7-8,18,21H,3-4,6H2. The molecule has 0 saturated heterocycles. The highest BCUT2D eigenvalue weighted by Gasteiger charge is 2.34. The Hall–Kier alpha value is -2.09. The number of rotatable bonds is 5. The molecule has 0 atom stereocenters. The van der Waals surface area contributed by atoms with Crippen molar-refractivity contribution in [2.75, 3.05) is 11.9 Å². The maximum absolute atomic E-state index is 13.1. The van der Waals surface area contributed by atoms with E-state index in [0.717, 1.165) is 12.1 Å². The van der Waals surface area contributed by atoms with Crippen molar-refractivity contribution >= 4 is 5.69 Å². The van der Waals surface area contributed by atoms with Crippen LogP contribution in [0.3, 0.4) is 0 Å². The van der Waals surface area contributed by atoms with E-state index in [1.54, 1.807) is 6.20 Å². The van der Waals surface area contributed by atoms with E-state index in [1.165, 1.54) is 16.9 Å². The smallest absolute Gasteiger partial charge is 0.394 e. The van der Waals surface area contributed by atoms with Crippen LogP contribution in [0.4, 0.5) is 23.2 Å². The Balaban J connectivity index is 2.06. The summed E-state index contributed by atoms with van der Waals surface area (Å²) in [6.07, 6.45) is -1.61. The largest absolute Gasteiger partial charge is 0.419 e. The highest BCUT2D eigenvalue weighted by molar-refractivity contribution is 5.40. The molecule has 0 saturated carbocycles. The minimum atomic E-state index is -4.72. The number of hydrogen-bond donors (Lipinski definition) is 2. The van der Waals surface area contributed by atoms with Gasteiger partial charge in [-0.3, -0.25) is 4.68 Å². The summed E-state index contributed by atoms with van der Waals surface area (Å²) in [4.78, 5) is 0. The summed E-state index contributed by atoms with van der Waals surface area (Å²) in [6, 6.07) is 2.87. The van der Waals surface area contributed by atoms with Crippen LogP contribution >= 0.6 is 0 Å². The highest BCUT2D eigenvalue weighted by atomic mass is 19.4. The van der Waals surface area contributed by atoms with Crippen LogP contribution in [-0.4, -0.2) is 21.5 Å². The Bertz CT molecular complexity index is 610. The zero-order valence-corrected chi connectivity index (χ0v) is 10.9. The van der Waals surface area contributed by atoms with Crippen LogP contribution in [-0.2, 0) is 19.3 Å². The van der Waals surface area contributed by atoms with E-state index < -0.39 is 17.6 Å². The molecule has 0 spiro atoms. The average molecular weight is 303 g/mol. The molecule has 1 aromatic carbocycles. The zero-order valence-electron chi connectivity index (χ0n) is 10.9. The second-order valence-electron chi connectivity index (χ2n) is 4.38. The minimum absolute atomic E-state index is 0.0615. The van der Waals surface area contributed by atoms with Gasteiger partial charge in [-0.05, 0) is 17.7 Å². The van der Waals surface area contributed by atoms with Crippen molar-refractivity contribution in [1.29, 1.82) is 0 Å². The molecule has 114 valence electrons. The number of halogens is 4.